The van der Waals surface area contributed by atoms with Crippen LogP contribution >= 0.6 is 34.8 Å². The summed E-state index contributed by atoms with van der Waals surface area (Å²) in [5.74, 6) is -0.587. The zero-order valence-electron chi connectivity index (χ0n) is 13.3. The van der Waals surface area contributed by atoms with E-state index in [0.29, 0.717) is 0 Å². The Morgan fingerprint density at radius 1 is 1.00 bits per heavy atom. The molecule has 2 aromatic carbocycles. The van der Waals surface area contributed by atoms with Gasteiger partial charge in [0.15, 0.2) is 0 Å². The number of nitrogens with one attached hydrogen (secondary N) is 2. The first-order valence-corrected chi connectivity index (χ1v) is 9.76. The van der Waals surface area contributed by atoms with Crippen molar-refractivity contribution in [1.29, 1.82) is 0 Å². The number of carbonyl (C=O) groups excluding carboxylic acids is 1. The molecule has 134 valence electrons. The molecule has 0 unspecified atom stereocenters. The van der Waals surface area contributed by atoms with E-state index in [1.165, 1.54) is 31.2 Å². The molecule has 2 N–H and O–H groups in total. The molecule has 0 bridgehead atoms. The van der Waals surface area contributed by atoms with Crippen molar-refractivity contribution in [3.8, 4) is 0 Å². The van der Waals surface area contributed by atoms with E-state index in [0.717, 1.165) is 5.56 Å². The lowest BCUT2D eigenvalue weighted by atomic mass is 10.2. The molecule has 9 heteroatoms. The monoisotopic (exact) mass is 420 g/mol. The Bertz CT molecular complexity index is 900. The SMILES string of the molecule is Cc1ccc(S(=O)(=O)N[C@@H](C)C(=O)Nc2cc(Cl)c(Cl)cc2Cl)cc1. The number of halogens is 3. The highest BCUT2D eigenvalue weighted by atomic mass is 35.5. The Balaban J connectivity index is 2.12. The second kappa shape index (κ2) is 7.93. The van der Waals surface area contributed by atoms with Gasteiger partial charge in [-0.15, -0.1) is 0 Å². The summed E-state index contributed by atoms with van der Waals surface area (Å²) in [6.45, 7) is 3.27. The van der Waals surface area contributed by atoms with Crippen LogP contribution in [0.25, 0.3) is 0 Å². The summed E-state index contributed by atoms with van der Waals surface area (Å²) in [5, 5.41) is 3.18. The summed E-state index contributed by atoms with van der Waals surface area (Å²) < 4.78 is 27.0. The lowest BCUT2D eigenvalue weighted by Crippen LogP contribution is -2.41. The fourth-order valence-corrected chi connectivity index (χ4v) is 3.73. The summed E-state index contributed by atoms with van der Waals surface area (Å²) in [4.78, 5) is 12.3. The minimum absolute atomic E-state index is 0.0744. The molecule has 0 aliphatic carbocycles. The van der Waals surface area contributed by atoms with Crippen molar-refractivity contribution >= 4 is 56.4 Å². The molecule has 2 aromatic rings. The Morgan fingerprint density at radius 2 is 1.56 bits per heavy atom. The highest BCUT2D eigenvalue weighted by Crippen LogP contribution is 2.32. The molecule has 2 rings (SSSR count). The summed E-state index contributed by atoms with van der Waals surface area (Å²) in [6, 6.07) is 8.05. The molecule has 0 saturated heterocycles. The maximum Gasteiger partial charge on any atom is 0.242 e. The summed E-state index contributed by atoms with van der Waals surface area (Å²) >= 11 is 17.7. The third-order valence-electron chi connectivity index (χ3n) is 3.32. The number of hydrogen-bond acceptors (Lipinski definition) is 3. The van der Waals surface area contributed by atoms with Crippen molar-refractivity contribution < 1.29 is 13.2 Å². The quantitative estimate of drug-likeness (QED) is 0.708. The Hall–Kier alpha value is -1.31. The molecular formula is C16H15Cl3N2O3S. The van der Waals surface area contributed by atoms with E-state index < -0.39 is 22.0 Å². The van der Waals surface area contributed by atoms with Gasteiger partial charge in [0.2, 0.25) is 15.9 Å². The largest absolute Gasteiger partial charge is 0.323 e. The van der Waals surface area contributed by atoms with Crippen LogP contribution in [0.3, 0.4) is 0 Å². The molecule has 0 saturated carbocycles. The molecule has 0 heterocycles. The van der Waals surface area contributed by atoms with Crippen molar-refractivity contribution in [1.82, 2.24) is 4.72 Å². The molecule has 0 spiro atoms. The number of aryl methyl sites for hydroxylation is 1. The van der Waals surface area contributed by atoms with E-state index in [4.69, 9.17) is 34.8 Å². The third kappa shape index (κ3) is 5.09. The van der Waals surface area contributed by atoms with Crippen molar-refractivity contribution in [3.63, 3.8) is 0 Å². The van der Waals surface area contributed by atoms with E-state index >= 15 is 0 Å². The molecule has 0 radical (unpaired) electrons. The predicted molar refractivity (Wildman–Crippen MR) is 101 cm³/mol. The zero-order chi connectivity index (χ0) is 18.8. The van der Waals surface area contributed by atoms with Crippen LogP contribution in [-0.4, -0.2) is 20.4 Å². The van der Waals surface area contributed by atoms with Crippen LogP contribution in [-0.2, 0) is 14.8 Å². The Kier molecular flexibility index (Phi) is 6.35. The third-order valence-corrected chi connectivity index (χ3v) is 5.92. The van der Waals surface area contributed by atoms with Gasteiger partial charge < -0.3 is 5.32 Å². The van der Waals surface area contributed by atoms with Gasteiger partial charge in [-0.2, -0.15) is 4.72 Å². The zero-order valence-corrected chi connectivity index (χ0v) is 16.4. The number of sulfonamides is 1. The van der Waals surface area contributed by atoms with Crippen LogP contribution in [0.1, 0.15) is 12.5 Å². The average Bonchev–Trinajstić information content (AvgIpc) is 2.52. The minimum Gasteiger partial charge on any atom is -0.323 e. The number of carbonyl (C=O) groups is 1. The van der Waals surface area contributed by atoms with Crippen LogP contribution in [0, 0.1) is 6.92 Å². The van der Waals surface area contributed by atoms with Gasteiger partial charge in [0.1, 0.15) is 0 Å². The van der Waals surface area contributed by atoms with Crippen LogP contribution in [0.2, 0.25) is 15.1 Å². The minimum atomic E-state index is -3.83. The molecule has 0 aliphatic heterocycles. The van der Waals surface area contributed by atoms with Crippen LogP contribution < -0.4 is 10.0 Å². The van der Waals surface area contributed by atoms with Crippen molar-refractivity contribution in [2.24, 2.45) is 0 Å². The van der Waals surface area contributed by atoms with Crippen LogP contribution in [0.5, 0.6) is 0 Å². The first-order valence-electron chi connectivity index (χ1n) is 7.14. The molecule has 0 fully saturated rings. The van der Waals surface area contributed by atoms with Crippen molar-refractivity contribution in [2.45, 2.75) is 24.8 Å². The van der Waals surface area contributed by atoms with Gasteiger partial charge in [0.05, 0.1) is 31.7 Å². The first kappa shape index (κ1) is 20.0. The fraction of sp³-hybridized carbons (Fsp3) is 0.188. The molecule has 0 aromatic heterocycles. The fourth-order valence-electron chi connectivity index (χ4n) is 1.93. The average molecular weight is 422 g/mol. The summed E-state index contributed by atoms with van der Waals surface area (Å²) in [7, 11) is -3.83. The van der Waals surface area contributed by atoms with E-state index in [2.05, 4.69) is 10.0 Å². The number of amides is 1. The lowest BCUT2D eigenvalue weighted by molar-refractivity contribution is -0.117. The van der Waals surface area contributed by atoms with Gasteiger partial charge in [-0.1, -0.05) is 52.5 Å². The second-order valence-corrected chi connectivity index (χ2v) is 8.33. The number of anilines is 1. The Labute approximate surface area is 161 Å². The topological polar surface area (TPSA) is 75.3 Å². The highest BCUT2D eigenvalue weighted by Gasteiger charge is 2.22. The molecule has 25 heavy (non-hydrogen) atoms. The summed E-state index contributed by atoms with van der Waals surface area (Å²) in [6.07, 6.45) is 0. The molecule has 1 atom stereocenters. The van der Waals surface area contributed by atoms with Crippen LogP contribution in [0.4, 0.5) is 5.69 Å². The standard InChI is InChI=1S/C16H15Cl3N2O3S/c1-9-3-5-11(6-4-9)25(23,24)21-10(2)16(22)20-15-8-13(18)12(17)7-14(15)19/h3-8,10,21H,1-2H3,(H,20,22)/t10-/m0/s1. The van der Waals surface area contributed by atoms with Gasteiger partial charge in [-0.25, -0.2) is 8.42 Å². The van der Waals surface area contributed by atoms with E-state index in [1.807, 2.05) is 6.92 Å². The van der Waals surface area contributed by atoms with E-state index in [-0.39, 0.29) is 25.7 Å². The number of hydrogen-bond donors (Lipinski definition) is 2. The first-order chi connectivity index (χ1) is 11.6. The van der Waals surface area contributed by atoms with E-state index in [1.54, 1.807) is 12.1 Å². The number of benzene rings is 2. The Morgan fingerprint density at radius 3 is 2.16 bits per heavy atom. The molecule has 1 amide bonds. The maximum absolute atomic E-state index is 12.3. The molecular weight excluding hydrogens is 407 g/mol. The van der Waals surface area contributed by atoms with Crippen molar-refractivity contribution in [3.05, 3.63) is 57.0 Å². The van der Waals surface area contributed by atoms with E-state index in [9.17, 15) is 13.2 Å². The van der Waals surface area contributed by atoms with Gasteiger partial charge in [0.25, 0.3) is 0 Å². The lowest BCUT2D eigenvalue weighted by Gasteiger charge is -2.15. The van der Waals surface area contributed by atoms with Gasteiger partial charge in [-0.3, -0.25) is 4.79 Å². The van der Waals surface area contributed by atoms with Crippen LogP contribution in [0.15, 0.2) is 41.3 Å². The van der Waals surface area contributed by atoms with Gasteiger partial charge >= 0.3 is 0 Å². The smallest absolute Gasteiger partial charge is 0.242 e. The predicted octanol–water partition coefficient (Wildman–Crippen LogP) is 4.26. The van der Waals surface area contributed by atoms with Crippen molar-refractivity contribution in [2.75, 3.05) is 5.32 Å². The van der Waals surface area contributed by atoms with Gasteiger partial charge in [0, 0.05) is 0 Å². The summed E-state index contributed by atoms with van der Waals surface area (Å²) in [5.41, 5.74) is 1.17. The molecule has 0 aliphatic rings. The maximum atomic E-state index is 12.3. The highest BCUT2D eigenvalue weighted by molar-refractivity contribution is 7.89. The molecule has 5 nitrogen and oxygen atoms in total. The number of rotatable bonds is 5. The normalized spacial score (nSPS) is 12.7. The van der Waals surface area contributed by atoms with Gasteiger partial charge in [-0.05, 0) is 38.1 Å². The second-order valence-electron chi connectivity index (χ2n) is 5.39.